The molecule has 3 aromatic heterocycles. The van der Waals surface area contributed by atoms with E-state index in [2.05, 4.69) is 258 Å². The van der Waals surface area contributed by atoms with Gasteiger partial charge in [-0.1, -0.05) is 229 Å². The van der Waals surface area contributed by atoms with Gasteiger partial charge in [-0.3, -0.25) is 13.7 Å². The molecule has 6 nitrogen and oxygen atoms in total. The summed E-state index contributed by atoms with van der Waals surface area (Å²) in [6.45, 7) is 27.0. The van der Waals surface area contributed by atoms with Crippen LogP contribution in [0.1, 0.15) is 152 Å². The number of para-hydroxylation sites is 3. The van der Waals surface area contributed by atoms with Crippen molar-refractivity contribution in [3.8, 4) is 51.2 Å². The number of aromatic nitrogens is 6. The first-order valence-corrected chi connectivity index (χ1v) is 24.9. The zero-order valence-electron chi connectivity index (χ0n) is 43.3. The van der Waals surface area contributed by atoms with Gasteiger partial charge in [-0.2, -0.15) is 0 Å². The molecular weight excluding hydrogens is 1030 g/mol. The van der Waals surface area contributed by atoms with Crippen LogP contribution in [0.5, 0.6) is 0 Å². The van der Waals surface area contributed by atoms with Gasteiger partial charge in [0, 0.05) is 53.9 Å². The van der Waals surface area contributed by atoms with Gasteiger partial charge < -0.3 is 0 Å². The Morgan fingerprint density at radius 3 is 0.657 bits per heavy atom. The smallest absolute Gasteiger partial charge is 0.299 e. The summed E-state index contributed by atoms with van der Waals surface area (Å²) in [6.07, 6.45) is 11.9. The minimum atomic E-state index is 0. The van der Waals surface area contributed by atoms with E-state index in [-0.39, 0.29) is 20.1 Å². The van der Waals surface area contributed by atoms with Crippen molar-refractivity contribution < 1.29 is 20.1 Å². The number of nitrogens with zero attached hydrogens (tertiary/aromatic N) is 6. The normalized spacial score (nSPS) is 11.2. The summed E-state index contributed by atoms with van der Waals surface area (Å²) in [6, 6.07) is 51.1. The number of hydrogen-bond donors (Lipinski definition) is 0. The van der Waals surface area contributed by atoms with E-state index >= 15 is 0 Å². The van der Waals surface area contributed by atoms with Crippen LogP contribution in [0, 0.1) is 0 Å². The Bertz CT molecular complexity index is 2600. The maximum absolute atomic E-state index is 4.63. The second kappa shape index (κ2) is 24.4. The van der Waals surface area contributed by atoms with Crippen molar-refractivity contribution >= 4 is 0 Å². The minimum absolute atomic E-state index is 0. The molecule has 0 amide bonds. The summed E-state index contributed by atoms with van der Waals surface area (Å²) in [7, 11) is 0. The Morgan fingerprint density at radius 1 is 0.271 bits per heavy atom. The first-order chi connectivity index (χ1) is 33.3. The zero-order chi connectivity index (χ0) is 49.2. The number of rotatable bonds is 12. The molecule has 70 heavy (non-hydrogen) atoms. The summed E-state index contributed by atoms with van der Waals surface area (Å²) in [5.74, 6) is 5.81. The molecule has 0 fully saturated rings. The molecule has 9 rings (SSSR count). The van der Waals surface area contributed by atoms with Crippen molar-refractivity contribution in [2.45, 2.75) is 119 Å². The van der Waals surface area contributed by atoms with E-state index < -0.39 is 0 Å². The summed E-state index contributed by atoms with van der Waals surface area (Å²) >= 11 is 0. The molecule has 6 aromatic carbocycles. The van der Waals surface area contributed by atoms with Crippen LogP contribution in [0.25, 0.3) is 51.2 Å². The summed E-state index contributed by atoms with van der Waals surface area (Å²) < 4.78 is 6.75. The van der Waals surface area contributed by atoms with Gasteiger partial charge in [-0.05, 0) is 68.9 Å². The summed E-state index contributed by atoms with van der Waals surface area (Å²) in [4.78, 5) is 13.9. The van der Waals surface area contributed by atoms with E-state index in [1.807, 2.05) is 36.8 Å². The molecule has 0 atom stereocenters. The van der Waals surface area contributed by atoms with Gasteiger partial charge in [0.25, 0.3) is 0 Å². The van der Waals surface area contributed by atoms with Gasteiger partial charge in [-0.25, -0.2) is 15.0 Å². The van der Waals surface area contributed by atoms with Gasteiger partial charge in [0.1, 0.15) is 17.5 Å². The molecule has 7 heteroatoms. The zero-order valence-corrected chi connectivity index (χ0v) is 45.7. The third kappa shape index (κ3) is 11.9. The predicted molar refractivity (Wildman–Crippen MR) is 292 cm³/mol. The topological polar surface area (TPSA) is 53.5 Å². The fourth-order valence-electron chi connectivity index (χ4n) is 9.22. The van der Waals surface area contributed by atoms with E-state index in [4.69, 9.17) is 0 Å². The fraction of sp³-hybridized carbons (Fsp3) is 0.286. The third-order valence-electron chi connectivity index (χ3n) is 12.8. The molecule has 9 aromatic rings. The molecule has 0 N–H and O–H groups in total. The maximum atomic E-state index is 4.63. The van der Waals surface area contributed by atoms with Crippen LogP contribution in [0.15, 0.2) is 183 Å². The molecule has 0 unspecified atom stereocenters. The van der Waals surface area contributed by atoms with Crippen LogP contribution in [-0.2, 0) is 20.1 Å². The SMILES string of the molecule is CC(C)c1cccc(C(C)C)c1-n1ccnc1-c1ccccc1.CC(C)c1cccc(C(C)C)c1-n1ccnc1-c1ccccc1.CC(C)c1cccc(C(C)C)c1-n1ccnc1-c1ccccc1.[Ir+3]. The minimum Gasteiger partial charge on any atom is -0.299 e. The average molecular weight is 1110 g/mol. The van der Waals surface area contributed by atoms with E-state index in [9.17, 15) is 0 Å². The van der Waals surface area contributed by atoms with Crippen LogP contribution in [0.2, 0.25) is 0 Å². The largest absolute Gasteiger partial charge is 3.00 e. The molecule has 0 saturated heterocycles. The Kier molecular flexibility index (Phi) is 18.5. The number of benzene rings is 6. The second-order valence-electron chi connectivity index (χ2n) is 19.7. The van der Waals surface area contributed by atoms with E-state index in [0.29, 0.717) is 35.5 Å². The van der Waals surface area contributed by atoms with Crippen molar-refractivity contribution in [2.75, 3.05) is 0 Å². The van der Waals surface area contributed by atoms with Gasteiger partial charge in [0.2, 0.25) is 0 Å². The van der Waals surface area contributed by atoms with Gasteiger partial charge in [0.05, 0.1) is 17.1 Å². The third-order valence-corrected chi connectivity index (χ3v) is 12.8. The predicted octanol–water partition coefficient (Wildman–Crippen LogP) is 17.4. The molecule has 0 aliphatic heterocycles. The Hall–Kier alpha value is -6.40. The first kappa shape index (κ1) is 53.0. The monoisotopic (exact) mass is 1110 g/mol. The molecule has 0 bridgehead atoms. The van der Waals surface area contributed by atoms with Crippen LogP contribution >= 0.6 is 0 Å². The number of imidazole rings is 3. The van der Waals surface area contributed by atoms with E-state index in [1.165, 1.54) is 50.4 Å². The standard InChI is InChI=1S/3C21H24N2.Ir/c3*1-15(2)18-11-8-12-19(16(3)4)20(18)23-14-13-22-21(23)17-9-6-5-7-10-17;/h3*5-16H,1-4H3;/q;;;+3. The van der Waals surface area contributed by atoms with Gasteiger partial charge in [-0.15, -0.1) is 0 Å². The van der Waals surface area contributed by atoms with Crippen molar-refractivity contribution in [1.29, 1.82) is 0 Å². The molecule has 3 heterocycles. The van der Waals surface area contributed by atoms with Gasteiger partial charge >= 0.3 is 20.1 Å². The van der Waals surface area contributed by atoms with E-state index in [0.717, 1.165) is 34.2 Å². The van der Waals surface area contributed by atoms with E-state index in [1.54, 1.807) is 0 Å². The molecule has 360 valence electrons. The molecule has 0 aliphatic rings. The van der Waals surface area contributed by atoms with Crippen LogP contribution in [-0.4, -0.2) is 28.7 Å². The number of hydrogen-bond acceptors (Lipinski definition) is 3. The van der Waals surface area contributed by atoms with Crippen molar-refractivity contribution in [2.24, 2.45) is 0 Å². The molecule has 0 saturated carbocycles. The van der Waals surface area contributed by atoms with Crippen molar-refractivity contribution in [3.05, 3.63) is 216 Å². The van der Waals surface area contributed by atoms with Gasteiger partial charge in [0.15, 0.2) is 0 Å². The van der Waals surface area contributed by atoms with Crippen LogP contribution in [0.3, 0.4) is 0 Å². The first-order valence-electron chi connectivity index (χ1n) is 24.9. The quantitative estimate of drug-likeness (QED) is 0.122. The Labute approximate surface area is 432 Å². The summed E-state index contributed by atoms with van der Waals surface area (Å²) in [5, 5.41) is 0. The molecule has 0 radical (unpaired) electrons. The van der Waals surface area contributed by atoms with Crippen LogP contribution < -0.4 is 0 Å². The Morgan fingerprint density at radius 2 is 0.471 bits per heavy atom. The maximum Gasteiger partial charge on any atom is 3.00 e. The second-order valence-corrected chi connectivity index (χ2v) is 19.7. The molecule has 0 spiro atoms. The molecular formula is C63H72IrN6+3. The fourth-order valence-corrected chi connectivity index (χ4v) is 9.22. The van der Waals surface area contributed by atoms with Crippen molar-refractivity contribution in [1.82, 2.24) is 28.7 Å². The summed E-state index contributed by atoms with van der Waals surface area (Å²) in [5.41, 5.74) is 15.5. The molecule has 0 aliphatic carbocycles. The Balaban J connectivity index is 0.000000171. The van der Waals surface area contributed by atoms with Crippen molar-refractivity contribution in [3.63, 3.8) is 0 Å². The van der Waals surface area contributed by atoms with Crippen LogP contribution in [0.4, 0.5) is 0 Å². The average Bonchev–Trinajstić information content (AvgIpc) is 4.17.